The smallest absolute Gasteiger partial charge is 0.262 e. The molecule has 0 saturated heterocycles. The van der Waals surface area contributed by atoms with E-state index in [0.29, 0.717) is 16.1 Å². The van der Waals surface area contributed by atoms with Crippen LogP contribution in [0.3, 0.4) is 0 Å². The van der Waals surface area contributed by atoms with Gasteiger partial charge in [-0.05, 0) is 42.5 Å². The monoisotopic (exact) mass is 362 g/mol. The highest BCUT2D eigenvalue weighted by Gasteiger charge is 2.18. The zero-order chi connectivity index (χ0) is 18.3. The average molecular weight is 362 g/mol. The van der Waals surface area contributed by atoms with Crippen LogP contribution in [0, 0.1) is 13.8 Å². The van der Waals surface area contributed by atoms with E-state index < -0.39 is 10.0 Å². The van der Waals surface area contributed by atoms with Gasteiger partial charge in [0.2, 0.25) is 0 Å². The Bertz CT molecular complexity index is 1250. The Morgan fingerprint density at radius 1 is 0.885 bits per heavy atom. The third kappa shape index (κ3) is 2.80. The summed E-state index contributed by atoms with van der Waals surface area (Å²) in [6.45, 7) is 3.68. The van der Waals surface area contributed by atoms with E-state index in [1.165, 1.54) is 0 Å². The summed E-state index contributed by atoms with van der Waals surface area (Å²) in [6.07, 6.45) is 1.63. The Morgan fingerprint density at radius 2 is 1.69 bits per heavy atom. The first kappa shape index (κ1) is 16.5. The van der Waals surface area contributed by atoms with Gasteiger partial charge in [-0.15, -0.1) is 0 Å². The second kappa shape index (κ2) is 6.11. The van der Waals surface area contributed by atoms with Gasteiger partial charge in [0.1, 0.15) is 0 Å². The van der Waals surface area contributed by atoms with Crippen molar-refractivity contribution in [2.75, 3.05) is 4.72 Å². The molecule has 0 aliphatic carbocycles. The van der Waals surface area contributed by atoms with Crippen molar-refractivity contribution < 1.29 is 8.42 Å². The van der Waals surface area contributed by atoms with Crippen molar-refractivity contribution in [3.8, 4) is 0 Å². The highest BCUT2D eigenvalue weighted by Crippen LogP contribution is 2.30. The summed E-state index contributed by atoms with van der Waals surface area (Å²) in [7, 11) is -3.69. The zero-order valence-corrected chi connectivity index (χ0v) is 15.3. The molecule has 0 spiro atoms. The molecule has 5 heteroatoms. The number of aryl methyl sites for hydroxylation is 2. The molecule has 4 nitrogen and oxygen atoms in total. The number of nitrogens with zero attached hydrogens (tertiary/aromatic N) is 1. The molecule has 4 rings (SSSR count). The van der Waals surface area contributed by atoms with Gasteiger partial charge >= 0.3 is 0 Å². The number of benzene rings is 3. The molecule has 0 radical (unpaired) electrons. The highest BCUT2D eigenvalue weighted by atomic mass is 32.2. The Morgan fingerprint density at radius 3 is 2.54 bits per heavy atom. The minimum absolute atomic E-state index is 0.295. The van der Waals surface area contributed by atoms with E-state index in [0.717, 1.165) is 27.2 Å². The van der Waals surface area contributed by atoms with E-state index in [2.05, 4.69) is 9.71 Å². The first-order chi connectivity index (χ1) is 12.5. The van der Waals surface area contributed by atoms with Crippen molar-refractivity contribution in [3.05, 3.63) is 78.0 Å². The fourth-order valence-electron chi connectivity index (χ4n) is 3.17. The number of hydrogen-bond acceptors (Lipinski definition) is 3. The Balaban J connectivity index is 1.87. The van der Waals surface area contributed by atoms with Crippen molar-refractivity contribution in [2.45, 2.75) is 18.7 Å². The van der Waals surface area contributed by atoms with Crippen LogP contribution >= 0.6 is 0 Å². The Hall–Kier alpha value is -2.92. The summed E-state index contributed by atoms with van der Waals surface area (Å²) < 4.78 is 28.6. The van der Waals surface area contributed by atoms with Crippen molar-refractivity contribution in [3.63, 3.8) is 0 Å². The third-order valence-electron chi connectivity index (χ3n) is 4.51. The van der Waals surface area contributed by atoms with Crippen LogP contribution in [0.15, 0.2) is 71.8 Å². The molecule has 0 amide bonds. The van der Waals surface area contributed by atoms with Crippen LogP contribution in [0.5, 0.6) is 0 Å². The number of pyridine rings is 1. The summed E-state index contributed by atoms with van der Waals surface area (Å²) in [5.74, 6) is 0. The topological polar surface area (TPSA) is 59.1 Å². The Labute approximate surface area is 152 Å². The molecule has 130 valence electrons. The van der Waals surface area contributed by atoms with Crippen LogP contribution < -0.4 is 4.72 Å². The maximum absolute atomic E-state index is 13.0. The van der Waals surface area contributed by atoms with E-state index in [1.807, 2.05) is 55.5 Å². The van der Waals surface area contributed by atoms with E-state index in [-0.39, 0.29) is 0 Å². The predicted octanol–water partition coefficient (Wildman–Crippen LogP) is 4.81. The van der Waals surface area contributed by atoms with E-state index in [4.69, 9.17) is 0 Å². The van der Waals surface area contributed by atoms with Gasteiger partial charge in [0.25, 0.3) is 10.0 Å². The summed E-state index contributed by atoms with van der Waals surface area (Å²) >= 11 is 0. The summed E-state index contributed by atoms with van der Waals surface area (Å²) in [4.78, 5) is 4.76. The number of nitrogens with one attached hydrogen (secondary N) is 1. The molecule has 26 heavy (non-hydrogen) atoms. The molecular weight excluding hydrogens is 344 g/mol. The third-order valence-corrected chi connectivity index (χ3v) is 6.02. The number of hydrogen-bond donors (Lipinski definition) is 1. The lowest BCUT2D eigenvalue weighted by molar-refractivity contribution is 0.600. The van der Waals surface area contributed by atoms with Gasteiger partial charge in [0.15, 0.2) is 0 Å². The molecule has 1 aromatic heterocycles. The van der Waals surface area contributed by atoms with Gasteiger partial charge < -0.3 is 0 Å². The molecule has 3 aromatic carbocycles. The number of rotatable bonds is 3. The standard InChI is InChI=1S/C21H18N2O2S/c1-14-7-8-15(2)20(13-14)26(24,25)23-19-11-12-22-21-17-6-4-3-5-16(17)9-10-18(19)21/h3-13H,1-2H3,(H,22,23). The first-order valence-corrected chi connectivity index (χ1v) is 9.80. The largest absolute Gasteiger partial charge is 0.279 e. The van der Waals surface area contributed by atoms with Gasteiger partial charge in [0.05, 0.1) is 16.1 Å². The maximum atomic E-state index is 13.0. The SMILES string of the molecule is Cc1ccc(C)c(S(=O)(=O)Nc2ccnc3c2ccc2ccccc23)c1. The quantitative estimate of drug-likeness (QED) is 0.532. The number of aromatic nitrogens is 1. The lowest BCUT2D eigenvalue weighted by Gasteiger charge is -2.13. The molecule has 4 aromatic rings. The number of sulfonamides is 1. The van der Waals surface area contributed by atoms with Crippen LogP contribution in [0.1, 0.15) is 11.1 Å². The van der Waals surface area contributed by atoms with Crippen molar-refractivity contribution in [1.82, 2.24) is 4.98 Å². The summed E-state index contributed by atoms with van der Waals surface area (Å²) in [5.41, 5.74) is 2.93. The van der Waals surface area contributed by atoms with Crippen LogP contribution in [-0.4, -0.2) is 13.4 Å². The van der Waals surface area contributed by atoms with Crippen LogP contribution in [0.25, 0.3) is 21.7 Å². The lowest BCUT2D eigenvalue weighted by atomic mass is 10.1. The van der Waals surface area contributed by atoms with Crippen LogP contribution in [0.4, 0.5) is 5.69 Å². The van der Waals surface area contributed by atoms with Crippen molar-refractivity contribution in [2.24, 2.45) is 0 Å². The molecular formula is C21H18N2O2S. The van der Waals surface area contributed by atoms with Crippen molar-refractivity contribution >= 4 is 37.4 Å². The van der Waals surface area contributed by atoms with Gasteiger partial charge in [0, 0.05) is 17.0 Å². The maximum Gasteiger partial charge on any atom is 0.262 e. The molecule has 0 fully saturated rings. The fraction of sp³-hybridized carbons (Fsp3) is 0.0952. The molecule has 1 N–H and O–H groups in total. The molecule has 0 unspecified atom stereocenters. The zero-order valence-electron chi connectivity index (χ0n) is 14.5. The Kier molecular flexibility index (Phi) is 3.89. The summed E-state index contributed by atoms with van der Waals surface area (Å²) in [6, 6.07) is 18.9. The minimum atomic E-state index is -3.69. The first-order valence-electron chi connectivity index (χ1n) is 8.32. The lowest BCUT2D eigenvalue weighted by Crippen LogP contribution is -2.14. The molecule has 0 bridgehead atoms. The number of anilines is 1. The molecule has 0 saturated carbocycles. The second-order valence-corrected chi connectivity index (χ2v) is 8.07. The molecule has 0 atom stereocenters. The average Bonchev–Trinajstić information content (AvgIpc) is 2.63. The van der Waals surface area contributed by atoms with Gasteiger partial charge in [-0.2, -0.15) is 0 Å². The molecule has 0 aliphatic heterocycles. The van der Waals surface area contributed by atoms with Gasteiger partial charge in [-0.25, -0.2) is 8.42 Å². The minimum Gasteiger partial charge on any atom is -0.279 e. The predicted molar refractivity (Wildman–Crippen MR) is 106 cm³/mol. The fourth-order valence-corrected chi connectivity index (χ4v) is 4.58. The van der Waals surface area contributed by atoms with Gasteiger partial charge in [-0.3, -0.25) is 9.71 Å². The number of fused-ring (bicyclic) bond motifs is 3. The van der Waals surface area contributed by atoms with E-state index >= 15 is 0 Å². The molecule has 0 aliphatic rings. The second-order valence-electron chi connectivity index (χ2n) is 6.42. The highest BCUT2D eigenvalue weighted by molar-refractivity contribution is 7.92. The summed E-state index contributed by atoms with van der Waals surface area (Å²) in [5, 5.41) is 2.85. The van der Waals surface area contributed by atoms with E-state index in [1.54, 1.807) is 25.3 Å². The van der Waals surface area contributed by atoms with Crippen molar-refractivity contribution in [1.29, 1.82) is 0 Å². The van der Waals surface area contributed by atoms with E-state index in [9.17, 15) is 8.42 Å². The van der Waals surface area contributed by atoms with Gasteiger partial charge in [-0.1, -0.05) is 48.5 Å². The van der Waals surface area contributed by atoms with Crippen LogP contribution in [0.2, 0.25) is 0 Å². The van der Waals surface area contributed by atoms with Crippen LogP contribution in [-0.2, 0) is 10.0 Å². The molecule has 1 heterocycles. The normalized spacial score (nSPS) is 11.8.